The molecule has 3 aliphatic rings. The van der Waals surface area contributed by atoms with Crippen molar-refractivity contribution in [3.8, 4) is 5.75 Å². The van der Waals surface area contributed by atoms with E-state index in [1.165, 1.54) is 28.8 Å². The summed E-state index contributed by atoms with van der Waals surface area (Å²) < 4.78 is -0.638. The summed E-state index contributed by atoms with van der Waals surface area (Å²) in [6.45, 7) is 3.61. The summed E-state index contributed by atoms with van der Waals surface area (Å²) in [5, 5.41) is 25.1. The molecule has 4 rings (SSSR count). The summed E-state index contributed by atoms with van der Waals surface area (Å²) in [5.74, 6) is -0.582. The largest absolute Gasteiger partial charge is 0.508 e. The number of aliphatic carboxylic acids is 1. The Bertz CT molecular complexity index is 857. The molecule has 2 unspecified atom stereocenters. The van der Waals surface area contributed by atoms with Crippen LogP contribution in [0, 0.1) is 0 Å². The molecule has 0 aromatic heterocycles. The fourth-order valence-corrected chi connectivity index (χ4v) is 7.08. The van der Waals surface area contributed by atoms with Gasteiger partial charge < -0.3 is 20.4 Å². The van der Waals surface area contributed by atoms with Crippen LogP contribution in [-0.4, -0.2) is 66.2 Å². The Morgan fingerprint density at radius 2 is 1.97 bits per heavy atom. The van der Waals surface area contributed by atoms with Crippen LogP contribution in [0.25, 0.3) is 0 Å². The molecule has 3 saturated heterocycles. The summed E-state index contributed by atoms with van der Waals surface area (Å²) in [5.41, 5.74) is 0.698. The first-order valence-electron chi connectivity index (χ1n) is 9.89. The maximum atomic E-state index is 13.2. The highest BCUT2D eigenvalue weighted by atomic mass is 32.2. The molecule has 4 N–H and O–H groups in total. The Kier molecular flexibility index (Phi) is 5.67. The third-order valence-electron chi connectivity index (χ3n) is 5.74. The van der Waals surface area contributed by atoms with Crippen molar-refractivity contribution < 1.29 is 24.6 Å². The van der Waals surface area contributed by atoms with E-state index in [-0.39, 0.29) is 28.3 Å². The van der Waals surface area contributed by atoms with Gasteiger partial charge in [-0.25, -0.2) is 4.79 Å². The first-order valence-corrected chi connectivity index (χ1v) is 11.8. The number of aromatic hydroxyl groups is 1. The molecule has 0 spiro atoms. The van der Waals surface area contributed by atoms with Crippen LogP contribution in [0.4, 0.5) is 0 Å². The van der Waals surface area contributed by atoms with E-state index in [2.05, 4.69) is 10.6 Å². The number of fused-ring (bicyclic) bond motifs is 1. The van der Waals surface area contributed by atoms with E-state index in [0.717, 1.165) is 18.6 Å². The predicted molar refractivity (Wildman–Crippen MR) is 115 cm³/mol. The van der Waals surface area contributed by atoms with Crippen LogP contribution in [0.1, 0.15) is 38.3 Å². The van der Waals surface area contributed by atoms with E-state index in [0.29, 0.717) is 5.56 Å². The second-order valence-electron chi connectivity index (χ2n) is 8.28. The lowest BCUT2D eigenvalue weighted by Gasteiger charge is -2.44. The molecular formula is C20H25N3O5S2. The lowest BCUT2D eigenvalue weighted by atomic mass is 9.95. The van der Waals surface area contributed by atoms with Gasteiger partial charge in [-0.2, -0.15) is 0 Å². The molecule has 1 aromatic rings. The fourth-order valence-electron chi connectivity index (χ4n) is 4.27. The van der Waals surface area contributed by atoms with Crippen LogP contribution in [0.2, 0.25) is 0 Å². The summed E-state index contributed by atoms with van der Waals surface area (Å²) in [7, 11) is 0. The number of carboxylic acid groups (broad SMARTS) is 1. The van der Waals surface area contributed by atoms with Crippen molar-refractivity contribution in [2.75, 3.05) is 5.75 Å². The number of hydrogen-bond acceptors (Lipinski definition) is 7. The molecule has 162 valence electrons. The molecule has 0 saturated carbocycles. The van der Waals surface area contributed by atoms with E-state index in [1.807, 2.05) is 0 Å². The zero-order valence-corrected chi connectivity index (χ0v) is 18.3. The number of carboxylic acids is 1. The first kappa shape index (κ1) is 21.3. The van der Waals surface area contributed by atoms with Crippen LogP contribution in [0.3, 0.4) is 0 Å². The number of hydrogen-bond donors (Lipinski definition) is 4. The third-order valence-corrected chi connectivity index (χ3v) is 8.61. The van der Waals surface area contributed by atoms with Gasteiger partial charge in [0.1, 0.15) is 29.2 Å². The van der Waals surface area contributed by atoms with Gasteiger partial charge >= 0.3 is 5.97 Å². The maximum absolute atomic E-state index is 13.2. The summed E-state index contributed by atoms with van der Waals surface area (Å²) >= 11 is 3.16. The molecule has 5 atom stereocenters. The Morgan fingerprint density at radius 1 is 1.27 bits per heavy atom. The summed E-state index contributed by atoms with van der Waals surface area (Å²) in [6, 6.07) is 4.12. The molecule has 0 bridgehead atoms. The number of benzene rings is 1. The minimum absolute atomic E-state index is 0.113. The minimum atomic E-state index is -1.03. The number of carbonyl (C=O) groups excluding carboxylic acids is 2. The highest BCUT2D eigenvalue weighted by Crippen LogP contribution is 2.50. The Labute approximate surface area is 183 Å². The third kappa shape index (κ3) is 3.76. The Morgan fingerprint density at radius 3 is 2.57 bits per heavy atom. The van der Waals surface area contributed by atoms with Crippen molar-refractivity contribution in [3.63, 3.8) is 0 Å². The molecule has 0 aliphatic carbocycles. The zero-order chi connectivity index (χ0) is 21.6. The van der Waals surface area contributed by atoms with Crippen LogP contribution in [0.15, 0.2) is 24.3 Å². The lowest BCUT2D eigenvalue weighted by molar-refractivity contribution is -0.161. The van der Waals surface area contributed by atoms with Gasteiger partial charge in [0.15, 0.2) is 0 Å². The second-order valence-corrected chi connectivity index (χ2v) is 11.4. The second kappa shape index (κ2) is 7.97. The number of amides is 2. The smallest absolute Gasteiger partial charge is 0.327 e. The van der Waals surface area contributed by atoms with Gasteiger partial charge in [-0.15, -0.1) is 23.5 Å². The van der Waals surface area contributed by atoms with Gasteiger partial charge in [-0.1, -0.05) is 12.1 Å². The number of nitrogens with one attached hydrogen (secondary N) is 2. The molecule has 0 radical (unpaired) electrons. The van der Waals surface area contributed by atoms with Crippen molar-refractivity contribution in [1.82, 2.24) is 15.5 Å². The van der Waals surface area contributed by atoms with E-state index >= 15 is 0 Å². The highest BCUT2D eigenvalue weighted by molar-refractivity contribution is 8.01. The quantitative estimate of drug-likeness (QED) is 0.481. The van der Waals surface area contributed by atoms with Crippen molar-refractivity contribution in [1.29, 1.82) is 0 Å². The first-order chi connectivity index (χ1) is 14.2. The Balaban J connectivity index is 1.51. The van der Waals surface area contributed by atoms with Crippen molar-refractivity contribution in [2.24, 2.45) is 0 Å². The lowest BCUT2D eigenvalue weighted by Crippen LogP contribution is -2.71. The average Bonchev–Trinajstić information content (AvgIpc) is 3.28. The molecular weight excluding hydrogens is 426 g/mol. The van der Waals surface area contributed by atoms with E-state index < -0.39 is 28.8 Å². The fraction of sp³-hybridized carbons (Fsp3) is 0.550. The van der Waals surface area contributed by atoms with Crippen molar-refractivity contribution in [2.45, 2.75) is 60.3 Å². The predicted octanol–water partition coefficient (Wildman–Crippen LogP) is 1.51. The topological polar surface area (TPSA) is 119 Å². The van der Waals surface area contributed by atoms with Crippen LogP contribution in [0.5, 0.6) is 5.75 Å². The molecule has 3 heterocycles. The number of phenolic OH excluding ortho intramolecular Hbond substituents is 1. The standard InChI is InChI=1S/C20H25N3O5S2/c1-20(2)15(19(27)28)23-17(26)14(18(23)30-20)22-16(25)13(21-12-4-3-9-29-12)10-5-7-11(24)8-6-10/h5-8,12-15,18,21,24H,3-4,9H2,1-2H3,(H,22,25)(H,27,28)/t12?,13?,14-,15+,18-/m1/s1. The molecule has 3 fully saturated rings. The minimum Gasteiger partial charge on any atom is -0.508 e. The van der Waals surface area contributed by atoms with E-state index in [1.54, 1.807) is 37.7 Å². The van der Waals surface area contributed by atoms with Crippen molar-refractivity contribution >= 4 is 41.3 Å². The SMILES string of the molecule is CC1(C)S[C@@H]2[C@H](NC(=O)C(NC3CCCS3)c3ccc(O)cc3)C(=O)N2[C@H]1C(=O)O. The van der Waals surface area contributed by atoms with Gasteiger partial charge in [0.2, 0.25) is 11.8 Å². The van der Waals surface area contributed by atoms with Crippen LogP contribution < -0.4 is 10.6 Å². The van der Waals surface area contributed by atoms with E-state index in [9.17, 15) is 24.6 Å². The molecule has 1 aromatic carbocycles. The number of phenols is 1. The van der Waals surface area contributed by atoms with Gasteiger partial charge in [0.25, 0.3) is 0 Å². The number of β-lactam (4-membered cyclic amide) rings is 1. The van der Waals surface area contributed by atoms with Gasteiger partial charge in [0.05, 0.1) is 5.37 Å². The number of nitrogens with zero attached hydrogens (tertiary/aromatic N) is 1. The summed E-state index contributed by atoms with van der Waals surface area (Å²) in [4.78, 5) is 38.9. The maximum Gasteiger partial charge on any atom is 0.327 e. The van der Waals surface area contributed by atoms with Crippen molar-refractivity contribution in [3.05, 3.63) is 29.8 Å². The number of thioether (sulfide) groups is 2. The van der Waals surface area contributed by atoms with Crippen LogP contribution >= 0.6 is 23.5 Å². The Hall–Kier alpha value is -1.91. The molecule has 8 nitrogen and oxygen atoms in total. The zero-order valence-electron chi connectivity index (χ0n) is 16.7. The molecule has 10 heteroatoms. The van der Waals surface area contributed by atoms with E-state index in [4.69, 9.17) is 0 Å². The van der Waals surface area contributed by atoms with Gasteiger partial charge in [-0.05, 0) is 50.1 Å². The monoisotopic (exact) mass is 451 g/mol. The average molecular weight is 452 g/mol. The normalized spacial score (nSPS) is 30.5. The molecule has 30 heavy (non-hydrogen) atoms. The van der Waals surface area contributed by atoms with Gasteiger partial charge in [0, 0.05) is 4.75 Å². The number of carbonyl (C=O) groups is 3. The molecule has 3 aliphatic heterocycles. The summed E-state index contributed by atoms with van der Waals surface area (Å²) in [6.07, 6.45) is 2.03. The van der Waals surface area contributed by atoms with Crippen LogP contribution in [-0.2, 0) is 14.4 Å². The number of rotatable bonds is 6. The van der Waals surface area contributed by atoms with Gasteiger partial charge in [-0.3, -0.25) is 14.9 Å². The highest BCUT2D eigenvalue weighted by Gasteiger charge is 2.64. The molecule has 2 amide bonds.